The Morgan fingerprint density at radius 3 is 2.91 bits per heavy atom. The summed E-state index contributed by atoms with van der Waals surface area (Å²) in [5.74, 6) is -0.370. The second-order valence-corrected chi connectivity index (χ2v) is 2.34. The first kappa shape index (κ1) is 8.10. The van der Waals surface area contributed by atoms with Crippen LogP contribution in [0.3, 0.4) is 0 Å². The number of hydrazine groups is 1. The monoisotopic (exact) mass is 154 g/mol. The molecule has 1 unspecified atom stereocenters. The zero-order chi connectivity index (χ0) is 8.27. The number of ketones is 1. The summed E-state index contributed by atoms with van der Waals surface area (Å²) in [6.07, 6.45) is 2.04. The summed E-state index contributed by atoms with van der Waals surface area (Å²) in [4.78, 5) is 20.9. The average molecular weight is 154 g/mol. The summed E-state index contributed by atoms with van der Waals surface area (Å²) in [5.41, 5.74) is 2.89. The maximum atomic E-state index is 10.8. The van der Waals surface area contributed by atoms with E-state index in [0.717, 1.165) is 0 Å². The first-order valence-electron chi connectivity index (χ1n) is 3.39. The van der Waals surface area contributed by atoms with Crippen LogP contribution in [0.4, 0.5) is 0 Å². The molecule has 0 spiro atoms. The molecular weight excluding hydrogens is 144 g/mol. The van der Waals surface area contributed by atoms with E-state index in [4.69, 9.17) is 0 Å². The van der Waals surface area contributed by atoms with Crippen LogP contribution in [0, 0.1) is 0 Å². The fourth-order valence-electron chi connectivity index (χ4n) is 0.975. The van der Waals surface area contributed by atoms with E-state index in [2.05, 4.69) is 12.0 Å². The van der Waals surface area contributed by atoms with Gasteiger partial charge in [-0.2, -0.15) is 0 Å². The van der Waals surface area contributed by atoms with Crippen molar-refractivity contribution in [2.24, 2.45) is 0 Å². The zero-order valence-electron chi connectivity index (χ0n) is 6.12. The SMILES string of the molecule is C=CCN1NCC1C(=O)C=O. The molecule has 1 aliphatic heterocycles. The van der Waals surface area contributed by atoms with Crippen LogP contribution < -0.4 is 5.43 Å². The lowest BCUT2D eigenvalue weighted by Crippen LogP contribution is -2.65. The van der Waals surface area contributed by atoms with Crippen LogP contribution in [-0.4, -0.2) is 36.2 Å². The molecule has 1 N–H and O–H groups in total. The third kappa shape index (κ3) is 1.53. The van der Waals surface area contributed by atoms with Crippen LogP contribution in [0.2, 0.25) is 0 Å². The molecule has 0 bridgehead atoms. The molecule has 1 rings (SSSR count). The van der Waals surface area contributed by atoms with Gasteiger partial charge in [0, 0.05) is 13.1 Å². The molecule has 1 saturated heterocycles. The Morgan fingerprint density at radius 2 is 2.55 bits per heavy atom. The molecule has 4 nitrogen and oxygen atoms in total. The number of rotatable bonds is 4. The molecule has 0 radical (unpaired) electrons. The normalized spacial score (nSPS) is 23.8. The van der Waals surface area contributed by atoms with Gasteiger partial charge < -0.3 is 0 Å². The lowest BCUT2D eigenvalue weighted by molar-refractivity contribution is -0.138. The summed E-state index contributed by atoms with van der Waals surface area (Å²) in [6.45, 7) is 4.67. The quantitative estimate of drug-likeness (QED) is 0.325. The molecular formula is C7H10N2O2. The number of aldehydes is 1. The highest BCUT2D eigenvalue weighted by Gasteiger charge is 2.32. The standard InChI is InChI=1S/C7H10N2O2/c1-2-3-9-6(4-8-9)7(11)5-10/h2,5-6,8H,1,3-4H2. The molecule has 0 aromatic carbocycles. The number of hydrogen-bond donors (Lipinski definition) is 1. The molecule has 0 aromatic rings. The lowest BCUT2D eigenvalue weighted by Gasteiger charge is -2.38. The van der Waals surface area contributed by atoms with Gasteiger partial charge in [-0.15, -0.1) is 6.58 Å². The van der Waals surface area contributed by atoms with E-state index in [9.17, 15) is 9.59 Å². The van der Waals surface area contributed by atoms with Crippen molar-refractivity contribution in [2.45, 2.75) is 6.04 Å². The minimum atomic E-state index is -0.370. The van der Waals surface area contributed by atoms with Crippen molar-refractivity contribution in [3.05, 3.63) is 12.7 Å². The minimum Gasteiger partial charge on any atom is -0.295 e. The number of carbonyl (C=O) groups excluding carboxylic acids is 2. The maximum absolute atomic E-state index is 10.8. The molecule has 1 fully saturated rings. The Bertz CT molecular complexity index is 191. The van der Waals surface area contributed by atoms with Crippen LogP contribution >= 0.6 is 0 Å². The van der Waals surface area contributed by atoms with Gasteiger partial charge in [0.2, 0.25) is 5.78 Å². The van der Waals surface area contributed by atoms with Gasteiger partial charge in [-0.05, 0) is 0 Å². The highest BCUT2D eigenvalue weighted by atomic mass is 16.2. The summed E-state index contributed by atoms with van der Waals surface area (Å²) < 4.78 is 0. The maximum Gasteiger partial charge on any atom is 0.214 e. The molecule has 11 heavy (non-hydrogen) atoms. The first-order valence-corrected chi connectivity index (χ1v) is 3.39. The predicted molar refractivity (Wildman–Crippen MR) is 39.8 cm³/mol. The second kappa shape index (κ2) is 3.41. The van der Waals surface area contributed by atoms with Crippen molar-refractivity contribution < 1.29 is 9.59 Å². The third-order valence-corrected chi connectivity index (χ3v) is 1.63. The lowest BCUT2D eigenvalue weighted by atomic mass is 10.1. The number of carbonyl (C=O) groups is 2. The first-order chi connectivity index (χ1) is 5.29. The molecule has 0 aliphatic carbocycles. The van der Waals surface area contributed by atoms with E-state index in [-0.39, 0.29) is 11.8 Å². The summed E-state index contributed by atoms with van der Waals surface area (Å²) in [6, 6.07) is -0.273. The van der Waals surface area contributed by atoms with E-state index in [1.54, 1.807) is 11.1 Å². The highest BCUT2D eigenvalue weighted by Crippen LogP contribution is 2.04. The van der Waals surface area contributed by atoms with Gasteiger partial charge in [0.15, 0.2) is 6.29 Å². The Kier molecular flexibility index (Phi) is 2.51. The fourth-order valence-corrected chi connectivity index (χ4v) is 0.975. The van der Waals surface area contributed by atoms with Gasteiger partial charge in [-0.1, -0.05) is 6.08 Å². The zero-order valence-corrected chi connectivity index (χ0v) is 6.12. The number of nitrogens with one attached hydrogen (secondary N) is 1. The van der Waals surface area contributed by atoms with Gasteiger partial charge in [0.1, 0.15) is 6.04 Å². The van der Waals surface area contributed by atoms with E-state index in [0.29, 0.717) is 19.4 Å². The van der Waals surface area contributed by atoms with Crippen LogP contribution in [0.15, 0.2) is 12.7 Å². The molecule has 1 heterocycles. The van der Waals surface area contributed by atoms with Crippen LogP contribution in [0.25, 0.3) is 0 Å². The van der Waals surface area contributed by atoms with Crippen molar-refractivity contribution in [1.82, 2.24) is 10.4 Å². The molecule has 1 atom stereocenters. The fraction of sp³-hybridized carbons (Fsp3) is 0.429. The molecule has 0 saturated carbocycles. The van der Waals surface area contributed by atoms with E-state index in [1.165, 1.54) is 0 Å². The van der Waals surface area contributed by atoms with Crippen molar-refractivity contribution in [3.63, 3.8) is 0 Å². The average Bonchev–Trinajstić information content (AvgIpc) is 1.98. The number of nitrogens with zero attached hydrogens (tertiary/aromatic N) is 1. The van der Waals surface area contributed by atoms with Gasteiger partial charge in [0.25, 0.3) is 0 Å². The summed E-state index contributed by atoms with van der Waals surface area (Å²) in [5, 5.41) is 1.68. The number of Topliss-reactive ketones (excluding diaryl/α,β-unsaturated/α-hetero) is 1. The topological polar surface area (TPSA) is 49.4 Å². The van der Waals surface area contributed by atoms with E-state index < -0.39 is 0 Å². The molecule has 0 amide bonds. The van der Waals surface area contributed by atoms with E-state index >= 15 is 0 Å². The Balaban J connectivity index is 2.42. The van der Waals surface area contributed by atoms with Crippen molar-refractivity contribution >= 4 is 12.1 Å². The summed E-state index contributed by atoms with van der Waals surface area (Å²) >= 11 is 0. The van der Waals surface area contributed by atoms with Gasteiger partial charge in [0.05, 0.1) is 0 Å². The van der Waals surface area contributed by atoms with Crippen molar-refractivity contribution in [2.75, 3.05) is 13.1 Å². The second-order valence-electron chi connectivity index (χ2n) is 2.34. The molecule has 1 aliphatic rings. The smallest absolute Gasteiger partial charge is 0.214 e. The molecule has 0 aromatic heterocycles. The van der Waals surface area contributed by atoms with Crippen LogP contribution in [0.1, 0.15) is 0 Å². The Hall–Kier alpha value is -1.00. The largest absolute Gasteiger partial charge is 0.295 e. The number of hydrogen-bond acceptors (Lipinski definition) is 4. The van der Waals surface area contributed by atoms with Crippen LogP contribution in [-0.2, 0) is 9.59 Å². The third-order valence-electron chi connectivity index (χ3n) is 1.63. The van der Waals surface area contributed by atoms with Gasteiger partial charge in [-0.3, -0.25) is 15.0 Å². The molecule has 4 heteroatoms. The predicted octanol–water partition coefficient (Wildman–Crippen LogP) is -0.871. The Labute approximate surface area is 64.8 Å². The summed E-state index contributed by atoms with van der Waals surface area (Å²) in [7, 11) is 0. The van der Waals surface area contributed by atoms with Crippen molar-refractivity contribution in [1.29, 1.82) is 0 Å². The van der Waals surface area contributed by atoms with Crippen LogP contribution in [0.5, 0.6) is 0 Å². The minimum absolute atomic E-state index is 0.273. The van der Waals surface area contributed by atoms with Gasteiger partial charge in [-0.25, -0.2) is 5.01 Å². The van der Waals surface area contributed by atoms with Crippen molar-refractivity contribution in [3.8, 4) is 0 Å². The highest BCUT2D eigenvalue weighted by molar-refractivity contribution is 6.27. The molecule has 60 valence electrons. The van der Waals surface area contributed by atoms with Gasteiger partial charge >= 0.3 is 0 Å². The van der Waals surface area contributed by atoms with E-state index in [1.807, 2.05) is 0 Å². The Morgan fingerprint density at radius 1 is 1.82 bits per heavy atom.